The van der Waals surface area contributed by atoms with Gasteiger partial charge in [-0.05, 0) is 44.9 Å². The molecule has 1 fully saturated rings. The fourth-order valence-electron chi connectivity index (χ4n) is 2.94. The maximum atomic E-state index is 12.1. The van der Waals surface area contributed by atoms with Crippen molar-refractivity contribution in [2.24, 2.45) is 11.1 Å². The number of anilines is 1. The average molecular weight is 397 g/mol. The molecule has 1 aromatic rings. The predicted octanol–water partition coefficient (Wildman–Crippen LogP) is 1.40. The summed E-state index contributed by atoms with van der Waals surface area (Å²) >= 11 is 0. The van der Waals surface area contributed by atoms with Gasteiger partial charge in [0.25, 0.3) is 0 Å². The highest BCUT2D eigenvalue weighted by Crippen LogP contribution is 2.26. The molecule has 1 aromatic carbocycles. The van der Waals surface area contributed by atoms with E-state index in [4.69, 9.17) is 9.88 Å². The largest absolute Gasteiger partial charge is 0.444 e. The highest BCUT2D eigenvalue weighted by Gasteiger charge is 2.32. The molecule has 27 heavy (non-hydrogen) atoms. The monoisotopic (exact) mass is 397 g/mol. The van der Waals surface area contributed by atoms with E-state index in [9.17, 15) is 18.0 Å². The lowest BCUT2D eigenvalue weighted by Crippen LogP contribution is -2.33. The van der Waals surface area contributed by atoms with Crippen LogP contribution in [0.3, 0.4) is 0 Å². The van der Waals surface area contributed by atoms with Crippen LogP contribution in [0.5, 0.6) is 0 Å². The molecular weight excluding hydrogens is 370 g/mol. The minimum atomic E-state index is -3.60. The van der Waals surface area contributed by atoms with Crippen molar-refractivity contribution >= 4 is 27.7 Å². The van der Waals surface area contributed by atoms with Gasteiger partial charge < -0.3 is 15.0 Å². The highest BCUT2D eigenvalue weighted by atomic mass is 32.2. The summed E-state index contributed by atoms with van der Waals surface area (Å²) in [5, 5.41) is 7.77. The quantitative estimate of drug-likeness (QED) is 0.752. The molecule has 1 aliphatic heterocycles. The second-order valence-electron chi connectivity index (χ2n) is 7.75. The van der Waals surface area contributed by atoms with Crippen molar-refractivity contribution in [1.82, 2.24) is 5.32 Å². The molecule has 1 saturated heterocycles. The molecule has 0 aromatic heterocycles. The molecule has 1 aliphatic rings. The number of carbonyl (C=O) groups excluding carboxylic acids is 2. The van der Waals surface area contributed by atoms with Crippen LogP contribution >= 0.6 is 0 Å². The van der Waals surface area contributed by atoms with Gasteiger partial charge in [0.15, 0.2) is 0 Å². The first-order valence-corrected chi connectivity index (χ1v) is 10.5. The van der Waals surface area contributed by atoms with Crippen LogP contribution < -0.4 is 15.4 Å². The normalized spacial score (nSPS) is 17.9. The maximum absolute atomic E-state index is 12.1. The Hall–Kier alpha value is -2.13. The van der Waals surface area contributed by atoms with Crippen LogP contribution in [0.25, 0.3) is 0 Å². The Morgan fingerprint density at radius 3 is 2.48 bits per heavy atom. The van der Waals surface area contributed by atoms with Crippen molar-refractivity contribution in [2.75, 3.05) is 23.7 Å². The smallest absolute Gasteiger partial charge is 0.407 e. The summed E-state index contributed by atoms with van der Waals surface area (Å²) in [5.41, 5.74) is 1.19. The van der Waals surface area contributed by atoms with Crippen molar-refractivity contribution in [1.29, 1.82) is 0 Å². The molecule has 9 heteroatoms. The lowest BCUT2D eigenvalue weighted by atomic mass is 10.1. The standard InChI is InChI=1S/C18H27N3O5S/c1-18(2,3)26-17(23)20-9-8-13-4-6-15(7-5-13)21-11-14(10-16(21)22)12-27(19,24)25/h4-7,14H,8-12H2,1-3H3,(H,20,23)(H2,19,24,25). The molecule has 0 aliphatic carbocycles. The second kappa shape index (κ2) is 8.26. The number of carbonyl (C=O) groups is 2. The van der Waals surface area contributed by atoms with Crippen LogP contribution in [0.2, 0.25) is 0 Å². The van der Waals surface area contributed by atoms with Crippen LogP contribution in [-0.2, 0) is 26.0 Å². The van der Waals surface area contributed by atoms with Gasteiger partial charge in [0, 0.05) is 31.1 Å². The summed E-state index contributed by atoms with van der Waals surface area (Å²) in [6.07, 6.45) is 0.349. The van der Waals surface area contributed by atoms with Crippen LogP contribution in [0, 0.1) is 5.92 Å². The molecule has 8 nitrogen and oxygen atoms in total. The molecule has 0 saturated carbocycles. The van der Waals surface area contributed by atoms with Crippen molar-refractivity contribution < 1.29 is 22.7 Å². The van der Waals surface area contributed by atoms with E-state index >= 15 is 0 Å². The maximum Gasteiger partial charge on any atom is 0.407 e. The number of hydrogen-bond donors (Lipinski definition) is 2. The number of nitrogens with two attached hydrogens (primary N) is 1. The zero-order valence-corrected chi connectivity index (χ0v) is 16.7. The summed E-state index contributed by atoms with van der Waals surface area (Å²) in [5.74, 6) is -0.586. The number of nitrogens with one attached hydrogen (secondary N) is 1. The Bertz CT molecular complexity index is 784. The van der Waals surface area contributed by atoms with Crippen LogP contribution in [0.4, 0.5) is 10.5 Å². The number of amides is 2. The van der Waals surface area contributed by atoms with Gasteiger partial charge in [-0.25, -0.2) is 18.4 Å². The molecule has 3 N–H and O–H groups in total. The number of alkyl carbamates (subject to hydrolysis) is 1. The zero-order chi connectivity index (χ0) is 20.2. The predicted molar refractivity (Wildman–Crippen MR) is 103 cm³/mol. The molecule has 1 heterocycles. The van der Waals surface area contributed by atoms with Crippen LogP contribution in [0.1, 0.15) is 32.8 Å². The second-order valence-corrected chi connectivity index (χ2v) is 9.41. The Balaban J connectivity index is 1.86. The summed E-state index contributed by atoms with van der Waals surface area (Å²) in [6, 6.07) is 7.40. The number of sulfonamides is 1. The van der Waals surface area contributed by atoms with Crippen molar-refractivity contribution in [2.45, 2.75) is 39.2 Å². The lowest BCUT2D eigenvalue weighted by molar-refractivity contribution is -0.117. The number of nitrogens with zero attached hydrogens (tertiary/aromatic N) is 1. The van der Waals surface area contributed by atoms with Crippen LogP contribution in [0.15, 0.2) is 24.3 Å². The third kappa shape index (κ3) is 7.18. The van der Waals surface area contributed by atoms with Gasteiger partial charge in [0.05, 0.1) is 5.75 Å². The van der Waals surface area contributed by atoms with E-state index in [1.807, 2.05) is 24.3 Å². The topological polar surface area (TPSA) is 119 Å². The van der Waals surface area contributed by atoms with E-state index in [1.54, 1.807) is 25.7 Å². The molecule has 0 radical (unpaired) electrons. The van der Waals surface area contributed by atoms with E-state index in [2.05, 4.69) is 5.32 Å². The number of primary sulfonamides is 1. The van der Waals surface area contributed by atoms with E-state index < -0.39 is 21.7 Å². The molecule has 2 amide bonds. The van der Waals surface area contributed by atoms with Gasteiger partial charge in [0.1, 0.15) is 5.60 Å². The highest BCUT2D eigenvalue weighted by molar-refractivity contribution is 7.89. The average Bonchev–Trinajstić information content (AvgIpc) is 2.84. The Morgan fingerprint density at radius 1 is 1.30 bits per heavy atom. The van der Waals surface area contributed by atoms with Gasteiger partial charge in [-0.2, -0.15) is 0 Å². The van der Waals surface area contributed by atoms with Crippen molar-refractivity contribution in [3.63, 3.8) is 0 Å². The molecule has 1 atom stereocenters. The van der Waals surface area contributed by atoms with E-state index in [-0.39, 0.29) is 24.0 Å². The first-order chi connectivity index (χ1) is 12.4. The molecule has 2 rings (SSSR count). The first-order valence-electron chi connectivity index (χ1n) is 8.79. The van der Waals surface area contributed by atoms with Crippen molar-refractivity contribution in [3.05, 3.63) is 29.8 Å². The summed E-state index contributed by atoms with van der Waals surface area (Å²) < 4.78 is 27.6. The summed E-state index contributed by atoms with van der Waals surface area (Å²) in [7, 11) is -3.60. The molecule has 1 unspecified atom stereocenters. The molecule has 0 spiro atoms. The van der Waals surface area contributed by atoms with Gasteiger partial charge in [-0.3, -0.25) is 4.79 Å². The van der Waals surface area contributed by atoms with Crippen LogP contribution in [-0.4, -0.2) is 44.9 Å². The Labute approximate surface area is 160 Å². The minimum absolute atomic E-state index is 0.108. The zero-order valence-electron chi connectivity index (χ0n) is 15.9. The minimum Gasteiger partial charge on any atom is -0.444 e. The Morgan fingerprint density at radius 2 is 1.93 bits per heavy atom. The van der Waals surface area contributed by atoms with Gasteiger partial charge >= 0.3 is 6.09 Å². The summed E-state index contributed by atoms with van der Waals surface area (Å²) in [4.78, 5) is 25.3. The number of benzene rings is 1. The third-order valence-electron chi connectivity index (χ3n) is 4.00. The third-order valence-corrected chi connectivity index (χ3v) is 4.94. The van der Waals surface area contributed by atoms with E-state index in [1.165, 1.54) is 0 Å². The van der Waals surface area contributed by atoms with Gasteiger partial charge in [-0.1, -0.05) is 12.1 Å². The number of rotatable bonds is 6. The molecular formula is C18H27N3O5S. The van der Waals surface area contributed by atoms with Gasteiger partial charge in [-0.15, -0.1) is 0 Å². The fourth-order valence-corrected chi connectivity index (χ4v) is 3.82. The first kappa shape index (κ1) is 21.2. The molecule has 0 bridgehead atoms. The fraction of sp³-hybridized carbons (Fsp3) is 0.556. The van der Waals surface area contributed by atoms with Crippen molar-refractivity contribution in [3.8, 4) is 0 Å². The van der Waals surface area contributed by atoms with Gasteiger partial charge in [0.2, 0.25) is 15.9 Å². The number of hydrogen-bond acceptors (Lipinski definition) is 5. The number of ether oxygens (including phenoxy) is 1. The lowest BCUT2D eigenvalue weighted by Gasteiger charge is -2.19. The Kier molecular flexibility index (Phi) is 6.48. The van der Waals surface area contributed by atoms with E-state index in [0.717, 1.165) is 11.3 Å². The SMILES string of the molecule is CC(C)(C)OC(=O)NCCc1ccc(N2CC(CS(N)(=O)=O)CC2=O)cc1. The van der Waals surface area contributed by atoms with E-state index in [0.29, 0.717) is 19.5 Å². The summed E-state index contributed by atoms with van der Waals surface area (Å²) in [6.45, 7) is 6.19. The molecule has 150 valence electrons.